The lowest BCUT2D eigenvalue weighted by molar-refractivity contribution is 0.594. The quantitative estimate of drug-likeness (QED) is 0.812. The van der Waals surface area contributed by atoms with Crippen molar-refractivity contribution < 1.29 is 0 Å². The third-order valence-electron chi connectivity index (χ3n) is 2.49. The fraction of sp³-hybridized carbons (Fsp3) is 0.333. The molecule has 1 unspecified atom stereocenters. The van der Waals surface area contributed by atoms with Gasteiger partial charge < -0.3 is 0 Å². The molecule has 2 heterocycles. The van der Waals surface area contributed by atoms with E-state index in [2.05, 4.69) is 26.0 Å². The van der Waals surface area contributed by atoms with Gasteiger partial charge in [-0.25, -0.2) is 0 Å². The smallest absolute Gasteiger partial charge is 0.0828 e. The molecule has 0 aliphatic heterocycles. The van der Waals surface area contributed by atoms with E-state index in [0.29, 0.717) is 12.3 Å². The minimum Gasteiger partial charge on any atom is -0.198 e. The summed E-state index contributed by atoms with van der Waals surface area (Å²) in [5, 5.41) is 21.0. The Morgan fingerprint density at radius 2 is 1.79 bits per heavy atom. The summed E-state index contributed by atoms with van der Waals surface area (Å²) in [5.74, 6) is 0.494. The summed E-state index contributed by atoms with van der Waals surface area (Å²) in [6.07, 6.45) is 0.553. The molecular formula is C15H16N2S2. The standard InChI is InChI=1S/C9H11NS.C6H5NS/c1-7(2)8(6-10)9-4-3-5-11-9;7-4-3-6-2-1-5-8-6/h3-5,7-8H,1-2H3;1-2,5H,3H2. The molecule has 19 heavy (non-hydrogen) atoms. The number of rotatable bonds is 3. The molecule has 0 saturated heterocycles. The molecule has 2 nitrogen and oxygen atoms in total. The van der Waals surface area contributed by atoms with Gasteiger partial charge >= 0.3 is 0 Å². The molecule has 0 aliphatic carbocycles. The van der Waals surface area contributed by atoms with Gasteiger partial charge in [-0.05, 0) is 28.8 Å². The summed E-state index contributed by atoms with van der Waals surface area (Å²) < 4.78 is 0. The van der Waals surface area contributed by atoms with Gasteiger partial charge in [-0.2, -0.15) is 10.5 Å². The van der Waals surface area contributed by atoms with E-state index >= 15 is 0 Å². The van der Waals surface area contributed by atoms with E-state index in [9.17, 15) is 0 Å². The Morgan fingerprint density at radius 1 is 1.11 bits per heavy atom. The highest BCUT2D eigenvalue weighted by Crippen LogP contribution is 2.26. The Balaban J connectivity index is 0.000000200. The Kier molecular flexibility index (Phi) is 6.89. The third-order valence-corrected chi connectivity index (χ3v) is 4.32. The van der Waals surface area contributed by atoms with E-state index in [-0.39, 0.29) is 5.92 Å². The summed E-state index contributed by atoms with van der Waals surface area (Å²) in [6.45, 7) is 4.15. The minimum atomic E-state index is 0.0787. The SMILES string of the molecule is CC(C)C(C#N)c1cccs1.N#CCc1cccs1. The van der Waals surface area contributed by atoms with Crippen molar-refractivity contribution in [1.29, 1.82) is 10.5 Å². The molecular weight excluding hydrogens is 272 g/mol. The second kappa shape index (κ2) is 8.48. The zero-order valence-electron chi connectivity index (χ0n) is 11.0. The van der Waals surface area contributed by atoms with Crippen LogP contribution in [0.4, 0.5) is 0 Å². The maximum Gasteiger partial charge on any atom is 0.0828 e. The highest BCUT2D eigenvalue weighted by Gasteiger charge is 2.14. The van der Waals surface area contributed by atoms with Gasteiger partial charge in [0.2, 0.25) is 0 Å². The molecule has 98 valence electrons. The number of nitriles is 2. The van der Waals surface area contributed by atoms with Crippen LogP contribution in [0.2, 0.25) is 0 Å². The summed E-state index contributed by atoms with van der Waals surface area (Å²) in [5.41, 5.74) is 0. The molecule has 0 aliphatic rings. The van der Waals surface area contributed by atoms with Crippen LogP contribution in [0.3, 0.4) is 0 Å². The monoisotopic (exact) mass is 288 g/mol. The van der Waals surface area contributed by atoms with Crippen LogP contribution in [0.25, 0.3) is 0 Å². The van der Waals surface area contributed by atoms with Crippen molar-refractivity contribution in [1.82, 2.24) is 0 Å². The van der Waals surface area contributed by atoms with E-state index in [0.717, 1.165) is 4.88 Å². The molecule has 1 atom stereocenters. The van der Waals surface area contributed by atoms with Crippen molar-refractivity contribution in [3.8, 4) is 12.1 Å². The topological polar surface area (TPSA) is 47.6 Å². The maximum atomic E-state index is 8.82. The first-order valence-corrected chi connectivity index (χ1v) is 7.77. The average Bonchev–Trinajstić information content (AvgIpc) is 3.03. The molecule has 0 radical (unpaired) electrons. The molecule has 0 N–H and O–H groups in total. The molecule has 4 heteroatoms. The summed E-state index contributed by atoms with van der Waals surface area (Å²) in [4.78, 5) is 2.33. The lowest BCUT2D eigenvalue weighted by Gasteiger charge is -2.09. The Morgan fingerprint density at radius 3 is 2.21 bits per heavy atom. The van der Waals surface area contributed by atoms with Crippen molar-refractivity contribution in [3.63, 3.8) is 0 Å². The maximum absolute atomic E-state index is 8.82. The fourth-order valence-corrected chi connectivity index (χ4v) is 3.08. The van der Waals surface area contributed by atoms with E-state index < -0.39 is 0 Å². The molecule has 2 rings (SSSR count). The van der Waals surface area contributed by atoms with Crippen LogP contribution in [-0.2, 0) is 6.42 Å². The van der Waals surface area contributed by atoms with Crippen LogP contribution in [-0.4, -0.2) is 0 Å². The van der Waals surface area contributed by atoms with Crippen LogP contribution in [0, 0.1) is 28.6 Å². The highest BCUT2D eigenvalue weighted by atomic mass is 32.1. The van der Waals surface area contributed by atoms with Gasteiger partial charge in [-0.1, -0.05) is 26.0 Å². The number of nitrogens with zero attached hydrogens (tertiary/aromatic N) is 2. The molecule has 2 aromatic rings. The highest BCUT2D eigenvalue weighted by molar-refractivity contribution is 7.10. The number of hydrogen-bond donors (Lipinski definition) is 0. The molecule has 0 fully saturated rings. The first-order chi connectivity index (χ1) is 9.19. The Bertz CT molecular complexity index is 528. The molecule has 0 aromatic carbocycles. The Labute approximate surface area is 122 Å². The first kappa shape index (κ1) is 15.4. The Hall–Kier alpha value is -1.62. The normalized spacial score (nSPS) is 11.0. The first-order valence-electron chi connectivity index (χ1n) is 6.01. The van der Waals surface area contributed by atoms with E-state index in [4.69, 9.17) is 10.5 Å². The van der Waals surface area contributed by atoms with Crippen LogP contribution in [0.5, 0.6) is 0 Å². The predicted octanol–water partition coefficient (Wildman–Crippen LogP) is 4.83. The van der Waals surface area contributed by atoms with Crippen molar-refractivity contribution in [2.24, 2.45) is 5.92 Å². The van der Waals surface area contributed by atoms with Gasteiger partial charge in [-0.3, -0.25) is 0 Å². The summed E-state index contributed by atoms with van der Waals surface area (Å²) in [6, 6.07) is 12.3. The van der Waals surface area contributed by atoms with Gasteiger partial charge in [0, 0.05) is 9.75 Å². The lowest BCUT2D eigenvalue weighted by Crippen LogP contribution is -2.01. The van der Waals surface area contributed by atoms with Crippen LogP contribution in [0.15, 0.2) is 35.0 Å². The van der Waals surface area contributed by atoms with E-state index in [1.807, 2.05) is 35.0 Å². The molecule has 0 amide bonds. The third kappa shape index (κ3) is 5.26. The molecule has 0 saturated carbocycles. The fourth-order valence-electron chi connectivity index (χ4n) is 1.50. The van der Waals surface area contributed by atoms with Crippen LogP contribution < -0.4 is 0 Å². The summed E-state index contributed by atoms with van der Waals surface area (Å²) >= 11 is 3.29. The van der Waals surface area contributed by atoms with Crippen LogP contribution >= 0.6 is 22.7 Å². The zero-order chi connectivity index (χ0) is 14.1. The van der Waals surface area contributed by atoms with Gasteiger partial charge in [0.05, 0.1) is 24.5 Å². The van der Waals surface area contributed by atoms with Crippen molar-refractivity contribution in [2.75, 3.05) is 0 Å². The predicted molar refractivity (Wildman–Crippen MR) is 81.1 cm³/mol. The summed E-state index contributed by atoms with van der Waals surface area (Å²) in [7, 11) is 0. The van der Waals surface area contributed by atoms with Gasteiger partial charge in [0.25, 0.3) is 0 Å². The van der Waals surface area contributed by atoms with E-state index in [1.165, 1.54) is 4.88 Å². The average molecular weight is 288 g/mol. The van der Waals surface area contributed by atoms with E-state index in [1.54, 1.807) is 22.7 Å². The van der Waals surface area contributed by atoms with Crippen molar-refractivity contribution in [2.45, 2.75) is 26.2 Å². The van der Waals surface area contributed by atoms with Crippen molar-refractivity contribution in [3.05, 3.63) is 44.8 Å². The zero-order valence-corrected chi connectivity index (χ0v) is 12.7. The van der Waals surface area contributed by atoms with Crippen LogP contribution in [0.1, 0.15) is 29.5 Å². The minimum absolute atomic E-state index is 0.0787. The van der Waals surface area contributed by atoms with Gasteiger partial charge in [0.1, 0.15) is 0 Å². The second-order valence-corrected chi connectivity index (χ2v) is 6.29. The molecule has 0 bridgehead atoms. The lowest BCUT2D eigenvalue weighted by atomic mass is 9.96. The van der Waals surface area contributed by atoms with Gasteiger partial charge in [0.15, 0.2) is 0 Å². The largest absolute Gasteiger partial charge is 0.198 e. The molecule has 2 aromatic heterocycles. The van der Waals surface area contributed by atoms with Crippen molar-refractivity contribution >= 4 is 22.7 Å². The number of thiophene rings is 2. The van der Waals surface area contributed by atoms with Gasteiger partial charge in [-0.15, -0.1) is 22.7 Å². The number of hydrogen-bond acceptors (Lipinski definition) is 4. The second-order valence-electron chi connectivity index (χ2n) is 4.28. The molecule has 0 spiro atoms.